The van der Waals surface area contributed by atoms with Crippen molar-refractivity contribution < 1.29 is 19.4 Å². The lowest BCUT2D eigenvalue weighted by Crippen LogP contribution is -2.43. The van der Waals surface area contributed by atoms with Crippen molar-refractivity contribution in [3.8, 4) is 0 Å². The highest BCUT2D eigenvalue weighted by Crippen LogP contribution is 2.21. The molecular weight excluding hydrogens is 325 g/mol. The molecule has 1 amide bonds. The highest BCUT2D eigenvalue weighted by Gasteiger charge is 2.21. The number of halogens is 2. The molecule has 1 unspecified atom stereocenters. The minimum absolute atomic E-state index is 0.112. The van der Waals surface area contributed by atoms with Crippen molar-refractivity contribution in [3.63, 3.8) is 0 Å². The number of amides is 1. The topological polar surface area (TPSA) is 75.6 Å². The van der Waals surface area contributed by atoms with Crippen LogP contribution in [0.2, 0.25) is 5.02 Å². The lowest BCUT2D eigenvalue weighted by molar-refractivity contribution is -0.140. The molecule has 0 aliphatic heterocycles. The Balaban J connectivity index is 2.86. The van der Waals surface area contributed by atoms with Gasteiger partial charge in [-0.1, -0.05) is 11.6 Å². The first kappa shape index (κ1) is 14.9. The van der Waals surface area contributed by atoms with Gasteiger partial charge in [0.2, 0.25) is 0 Å². The summed E-state index contributed by atoms with van der Waals surface area (Å²) in [7, 11) is 1.36. The fourth-order valence-corrected chi connectivity index (χ4v) is 1.85. The zero-order valence-corrected chi connectivity index (χ0v) is 11.8. The van der Waals surface area contributed by atoms with E-state index in [0.29, 0.717) is 9.50 Å². The number of carboxylic acids is 1. The van der Waals surface area contributed by atoms with Crippen molar-refractivity contribution in [1.82, 2.24) is 5.32 Å². The molecule has 1 atom stereocenters. The van der Waals surface area contributed by atoms with Crippen LogP contribution in [-0.4, -0.2) is 36.7 Å². The molecule has 7 heteroatoms. The van der Waals surface area contributed by atoms with Crippen molar-refractivity contribution in [3.05, 3.63) is 33.3 Å². The van der Waals surface area contributed by atoms with Gasteiger partial charge in [0, 0.05) is 16.6 Å². The maximum Gasteiger partial charge on any atom is 0.328 e. The summed E-state index contributed by atoms with van der Waals surface area (Å²) in [5.74, 6) is -1.70. The Labute approximate surface area is 117 Å². The summed E-state index contributed by atoms with van der Waals surface area (Å²) in [6, 6.07) is 3.58. The Morgan fingerprint density at radius 3 is 2.78 bits per heavy atom. The monoisotopic (exact) mass is 335 g/mol. The molecule has 0 aromatic heterocycles. The number of aliphatic carboxylic acids is 1. The highest BCUT2D eigenvalue weighted by molar-refractivity contribution is 9.10. The number of carbonyl (C=O) groups excluding carboxylic acids is 1. The second-order valence-corrected chi connectivity index (χ2v) is 4.73. The predicted molar refractivity (Wildman–Crippen MR) is 69.9 cm³/mol. The number of rotatable bonds is 5. The van der Waals surface area contributed by atoms with Crippen LogP contribution in [0.3, 0.4) is 0 Å². The molecular formula is C11H11BrClNO4. The van der Waals surface area contributed by atoms with Crippen LogP contribution in [-0.2, 0) is 9.53 Å². The van der Waals surface area contributed by atoms with Gasteiger partial charge in [0.15, 0.2) is 6.04 Å². The smallest absolute Gasteiger partial charge is 0.328 e. The molecule has 1 aromatic rings. The molecule has 5 nitrogen and oxygen atoms in total. The molecule has 2 N–H and O–H groups in total. The number of methoxy groups -OCH3 is 1. The van der Waals surface area contributed by atoms with Crippen LogP contribution >= 0.6 is 27.5 Å². The van der Waals surface area contributed by atoms with Crippen LogP contribution in [0.5, 0.6) is 0 Å². The van der Waals surface area contributed by atoms with Gasteiger partial charge in [-0.15, -0.1) is 0 Å². The molecule has 0 aliphatic carbocycles. The molecule has 0 aliphatic rings. The number of hydrogen-bond donors (Lipinski definition) is 2. The molecule has 0 heterocycles. The first-order valence-corrected chi connectivity index (χ1v) is 6.10. The third-order valence-corrected chi connectivity index (χ3v) is 3.04. The third kappa shape index (κ3) is 3.97. The number of hydrogen-bond acceptors (Lipinski definition) is 3. The van der Waals surface area contributed by atoms with E-state index in [-0.39, 0.29) is 12.2 Å². The maximum atomic E-state index is 11.9. The van der Waals surface area contributed by atoms with E-state index in [2.05, 4.69) is 21.2 Å². The molecule has 0 saturated heterocycles. The Kier molecular flexibility index (Phi) is 5.58. The minimum Gasteiger partial charge on any atom is -0.480 e. The van der Waals surface area contributed by atoms with E-state index in [1.807, 2.05) is 0 Å². The van der Waals surface area contributed by atoms with E-state index in [4.69, 9.17) is 21.4 Å². The molecule has 98 valence electrons. The SMILES string of the molecule is COCC(NC(=O)c1cc(Cl)ccc1Br)C(=O)O. The van der Waals surface area contributed by atoms with E-state index in [9.17, 15) is 9.59 Å². The minimum atomic E-state index is -1.16. The van der Waals surface area contributed by atoms with E-state index < -0.39 is 17.9 Å². The Hall–Kier alpha value is -1.11. The maximum absolute atomic E-state index is 11.9. The second-order valence-electron chi connectivity index (χ2n) is 3.44. The average molecular weight is 337 g/mol. The normalized spacial score (nSPS) is 11.9. The van der Waals surface area contributed by atoms with Crippen molar-refractivity contribution in [2.75, 3.05) is 13.7 Å². The summed E-state index contributed by atoms with van der Waals surface area (Å²) < 4.78 is 5.26. The number of carbonyl (C=O) groups is 2. The van der Waals surface area contributed by atoms with Crippen LogP contribution in [0.1, 0.15) is 10.4 Å². The van der Waals surface area contributed by atoms with Gasteiger partial charge in [-0.2, -0.15) is 0 Å². The molecule has 0 bridgehead atoms. The molecule has 0 spiro atoms. The van der Waals surface area contributed by atoms with Crippen molar-refractivity contribution in [2.45, 2.75) is 6.04 Å². The third-order valence-electron chi connectivity index (χ3n) is 2.11. The molecule has 0 saturated carbocycles. The summed E-state index contributed by atoms with van der Waals surface area (Å²) in [5, 5.41) is 11.6. The number of nitrogens with one attached hydrogen (secondary N) is 1. The number of ether oxygens (including phenoxy) is 1. The van der Waals surface area contributed by atoms with Gasteiger partial charge in [0.1, 0.15) is 0 Å². The van der Waals surface area contributed by atoms with Crippen LogP contribution in [0.15, 0.2) is 22.7 Å². The zero-order valence-electron chi connectivity index (χ0n) is 9.44. The van der Waals surface area contributed by atoms with Gasteiger partial charge in [-0.25, -0.2) is 4.79 Å². The summed E-state index contributed by atoms with van der Waals surface area (Å²) in [4.78, 5) is 22.8. The molecule has 1 aromatic carbocycles. The van der Waals surface area contributed by atoms with Gasteiger partial charge in [0.05, 0.1) is 12.2 Å². The average Bonchev–Trinajstić information content (AvgIpc) is 2.31. The predicted octanol–water partition coefficient (Wildman–Crippen LogP) is 1.93. The highest BCUT2D eigenvalue weighted by atomic mass is 79.9. The van der Waals surface area contributed by atoms with E-state index in [1.165, 1.54) is 13.2 Å². The number of benzene rings is 1. The first-order chi connectivity index (χ1) is 8.45. The van der Waals surface area contributed by atoms with Gasteiger partial charge >= 0.3 is 5.97 Å². The van der Waals surface area contributed by atoms with Gasteiger partial charge in [-0.3, -0.25) is 4.79 Å². The van der Waals surface area contributed by atoms with E-state index in [0.717, 1.165) is 0 Å². The van der Waals surface area contributed by atoms with Gasteiger partial charge < -0.3 is 15.2 Å². The fourth-order valence-electron chi connectivity index (χ4n) is 1.25. The molecule has 1 rings (SSSR count). The Bertz CT molecular complexity index is 466. The van der Waals surface area contributed by atoms with Crippen LogP contribution in [0, 0.1) is 0 Å². The summed E-state index contributed by atoms with van der Waals surface area (Å²) >= 11 is 8.98. The summed E-state index contributed by atoms with van der Waals surface area (Å²) in [5.41, 5.74) is 0.268. The first-order valence-electron chi connectivity index (χ1n) is 4.93. The summed E-state index contributed by atoms with van der Waals surface area (Å²) in [6.07, 6.45) is 0. The molecule has 18 heavy (non-hydrogen) atoms. The summed E-state index contributed by atoms with van der Waals surface area (Å²) in [6.45, 7) is -0.112. The van der Waals surface area contributed by atoms with Gasteiger partial charge in [0.25, 0.3) is 5.91 Å². The number of carboxylic acid groups (broad SMARTS) is 1. The van der Waals surface area contributed by atoms with Crippen molar-refractivity contribution in [2.24, 2.45) is 0 Å². The molecule has 0 radical (unpaired) electrons. The Morgan fingerprint density at radius 2 is 2.22 bits per heavy atom. The Morgan fingerprint density at radius 1 is 1.56 bits per heavy atom. The second kappa shape index (κ2) is 6.72. The van der Waals surface area contributed by atoms with Crippen molar-refractivity contribution >= 4 is 39.4 Å². The fraction of sp³-hybridized carbons (Fsp3) is 0.273. The molecule has 0 fully saturated rings. The van der Waals surface area contributed by atoms with E-state index in [1.54, 1.807) is 12.1 Å². The van der Waals surface area contributed by atoms with E-state index >= 15 is 0 Å². The lowest BCUT2D eigenvalue weighted by Gasteiger charge is -2.14. The zero-order chi connectivity index (χ0) is 13.7. The largest absolute Gasteiger partial charge is 0.480 e. The standard InChI is InChI=1S/C11H11BrClNO4/c1-18-5-9(11(16)17)14-10(15)7-4-6(13)2-3-8(7)12/h2-4,9H,5H2,1H3,(H,14,15)(H,16,17). The van der Waals surface area contributed by atoms with Crippen LogP contribution in [0.25, 0.3) is 0 Å². The van der Waals surface area contributed by atoms with Crippen LogP contribution in [0.4, 0.5) is 0 Å². The van der Waals surface area contributed by atoms with Gasteiger partial charge in [-0.05, 0) is 34.1 Å². The lowest BCUT2D eigenvalue weighted by atomic mass is 10.2. The van der Waals surface area contributed by atoms with Crippen LogP contribution < -0.4 is 5.32 Å². The quantitative estimate of drug-likeness (QED) is 0.861. The van der Waals surface area contributed by atoms with Crippen molar-refractivity contribution in [1.29, 1.82) is 0 Å².